The van der Waals surface area contributed by atoms with Gasteiger partial charge in [0.05, 0.1) is 12.7 Å². The third-order valence-corrected chi connectivity index (χ3v) is 3.54. The summed E-state index contributed by atoms with van der Waals surface area (Å²) in [5, 5.41) is 2.93. The van der Waals surface area contributed by atoms with E-state index >= 15 is 0 Å². The van der Waals surface area contributed by atoms with E-state index in [1.165, 1.54) is 0 Å². The number of hydrogen-bond acceptors (Lipinski definition) is 2. The van der Waals surface area contributed by atoms with Gasteiger partial charge in [0, 0.05) is 10.2 Å². The first-order valence-corrected chi connectivity index (χ1v) is 7.02. The molecular formula is C16H16BrNO2. The van der Waals surface area contributed by atoms with Crippen molar-refractivity contribution in [2.24, 2.45) is 0 Å². The average Bonchev–Trinajstić information content (AvgIpc) is 2.42. The molecule has 0 aliphatic rings. The molecule has 0 fully saturated rings. The molecule has 4 heteroatoms. The SMILES string of the molecule is COc1cc(Br)ccc1C(=O)Nc1cc(C)ccc1C. The quantitative estimate of drug-likeness (QED) is 0.907. The minimum atomic E-state index is -0.178. The van der Waals surface area contributed by atoms with E-state index in [0.29, 0.717) is 11.3 Å². The summed E-state index contributed by atoms with van der Waals surface area (Å²) in [7, 11) is 1.55. The molecule has 3 nitrogen and oxygen atoms in total. The fraction of sp³-hybridized carbons (Fsp3) is 0.188. The molecule has 0 heterocycles. The van der Waals surface area contributed by atoms with E-state index < -0.39 is 0 Å². The zero-order valence-electron chi connectivity index (χ0n) is 11.7. The van der Waals surface area contributed by atoms with Crippen molar-refractivity contribution in [1.82, 2.24) is 0 Å². The summed E-state index contributed by atoms with van der Waals surface area (Å²) in [5.41, 5.74) is 3.46. The fourth-order valence-corrected chi connectivity index (χ4v) is 2.25. The van der Waals surface area contributed by atoms with E-state index in [1.807, 2.05) is 38.1 Å². The lowest BCUT2D eigenvalue weighted by Crippen LogP contribution is -2.14. The van der Waals surface area contributed by atoms with E-state index in [2.05, 4.69) is 21.2 Å². The van der Waals surface area contributed by atoms with Crippen LogP contribution in [0, 0.1) is 13.8 Å². The van der Waals surface area contributed by atoms with Crippen LogP contribution in [0.3, 0.4) is 0 Å². The van der Waals surface area contributed by atoms with Gasteiger partial charge in [-0.2, -0.15) is 0 Å². The first kappa shape index (κ1) is 14.6. The van der Waals surface area contributed by atoms with Crippen LogP contribution in [0.25, 0.3) is 0 Å². The Morgan fingerprint density at radius 2 is 1.90 bits per heavy atom. The van der Waals surface area contributed by atoms with Gasteiger partial charge in [0.1, 0.15) is 5.75 Å². The maximum absolute atomic E-state index is 12.4. The Morgan fingerprint density at radius 3 is 2.60 bits per heavy atom. The standard InChI is InChI=1S/C16H16BrNO2/c1-10-4-5-11(2)14(8-10)18-16(19)13-7-6-12(17)9-15(13)20-3/h4-9H,1-3H3,(H,18,19). The Bertz CT molecular complexity index is 653. The molecule has 2 aromatic carbocycles. The number of nitrogens with one attached hydrogen (secondary N) is 1. The van der Waals surface area contributed by atoms with Gasteiger partial charge in [0.25, 0.3) is 5.91 Å². The zero-order valence-corrected chi connectivity index (χ0v) is 13.2. The summed E-state index contributed by atoms with van der Waals surface area (Å²) in [4.78, 5) is 12.4. The number of halogens is 1. The van der Waals surface area contributed by atoms with Gasteiger partial charge in [0.15, 0.2) is 0 Å². The van der Waals surface area contributed by atoms with Crippen LogP contribution in [-0.4, -0.2) is 13.0 Å². The maximum atomic E-state index is 12.4. The molecule has 2 rings (SSSR count). The van der Waals surface area contributed by atoms with Crippen molar-refractivity contribution < 1.29 is 9.53 Å². The number of methoxy groups -OCH3 is 1. The number of ether oxygens (including phenoxy) is 1. The molecule has 0 radical (unpaired) electrons. The molecule has 0 unspecified atom stereocenters. The molecule has 0 aromatic heterocycles. The van der Waals surface area contributed by atoms with Crippen LogP contribution >= 0.6 is 15.9 Å². The highest BCUT2D eigenvalue weighted by molar-refractivity contribution is 9.10. The number of rotatable bonds is 3. The van der Waals surface area contributed by atoms with Crippen molar-refractivity contribution in [2.75, 3.05) is 12.4 Å². The lowest BCUT2D eigenvalue weighted by atomic mass is 10.1. The second-order valence-corrected chi connectivity index (χ2v) is 5.53. The topological polar surface area (TPSA) is 38.3 Å². The summed E-state index contributed by atoms with van der Waals surface area (Å²) in [5.74, 6) is 0.366. The molecule has 1 N–H and O–H groups in total. The Hall–Kier alpha value is -1.81. The van der Waals surface area contributed by atoms with E-state index in [-0.39, 0.29) is 5.91 Å². The van der Waals surface area contributed by atoms with Gasteiger partial charge >= 0.3 is 0 Å². The van der Waals surface area contributed by atoms with Gasteiger partial charge in [-0.25, -0.2) is 0 Å². The van der Waals surface area contributed by atoms with E-state index in [1.54, 1.807) is 19.2 Å². The molecule has 0 saturated carbocycles. The number of amides is 1. The van der Waals surface area contributed by atoms with E-state index in [9.17, 15) is 4.79 Å². The van der Waals surface area contributed by atoms with Gasteiger partial charge in [-0.1, -0.05) is 28.1 Å². The predicted octanol–water partition coefficient (Wildman–Crippen LogP) is 4.33. The second-order valence-electron chi connectivity index (χ2n) is 4.62. The molecule has 0 bridgehead atoms. The number of hydrogen-bond donors (Lipinski definition) is 1. The summed E-state index contributed by atoms with van der Waals surface area (Å²) in [6.45, 7) is 3.96. The van der Waals surface area contributed by atoms with Gasteiger partial charge in [-0.3, -0.25) is 4.79 Å². The molecule has 0 aliphatic carbocycles. The van der Waals surface area contributed by atoms with Gasteiger partial charge < -0.3 is 10.1 Å². The van der Waals surface area contributed by atoms with Crippen LogP contribution in [0.1, 0.15) is 21.5 Å². The van der Waals surface area contributed by atoms with Crippen LogP contribution < -0.4 is 10.1 Å². The predicted molar refractivity (Wildman–Crippen MR) is 84.6 cm³/mol. The molecule has 0 spiro atoms. The van der Waals surface area contributed by atoms with Gasteiger partial charge in [-0.15, -0.1) is 0 Å². The molecule has 20 heavy (non-hydrogen) atoms. The van der Waals surface area contributed by atoms with Crippen molar-refractivity contribution >= 4 is 27.5 Å². The smallest absolute Gasteiger partial charge is 0.259 e. The Labute approximate surface area is 127 Å². The summed E-state index contributed by atoms with van der Waals surface area (Å²) < 4.78 is 6.12. The molecular weight excluding hydrogens is 318 g/mol. The van der Waals surface area contributed by atoms with Crippen molar-refractivity contribution in [3.8, 4) is 5.75 Å². The van der Waals surface area contributed by atoms with Gasteiger partial charge in [0.2, 0.25) is 0 Å². The lowest BCUT2D eigenvalue weighted by molar-refractivity contribution is 0.102. The third kappa shape index (κ3) is 3.20. The van der Waals surface area contributed by atoms with Crippen molar-refractivity contribution in [3.63, 3.8) is 0 Å². The highest BCUT2D eigenvalue weighted by Gasteiger charge is 2.13. The van der Waals surface area contributed by atoms with Crippen molar-refractivity contribution in [3.05, 3.63) is 57.6 Å². The zero-order chi connectivity index (χ0) is 14.7. The Balaban J connectivity index is 2.30. The van der Waals surface area contributed by atoms with Crippen LogP contribution in [0.5, 0.6) is 5.75 Å². The normalized spacial score (nSPS) is 10.2. The maximum Gasteiger partial charge on any atom is 0.259 e. The summed E-state index contributed by atoms with van der Waals surface area (Å²) in [6, 6.07) is 11.3. The first-order chi connectivity index (χ1) is 9.51. The largest absolute Gasteiger partial charge is 0.496 e. The molecule has 0 aliphatic heterocycles. The first-order valence-electron chi connectivity index (χ1n) is 6.23. The van der Waals surface area contributed by atoms with Crippen molar-refractivity contribution in [1.29, 1.82) is 0 Å². The Morgan fingerprint density at radius 1 is 1.15 bits per heavy atom. The molecule has 104 valence electrons. The van der Waals surface area contributed by atoms with Crippen LogP contribution in [0.2, 0.25) is 0 Å². The number of carbonyl (C=O) groups excluding carboxylic acids is 1. The van der Waals surface area contributed by atoms with Crippen LogP contribution in [0.4, 0.5) is 5.69 Å². The minimum Gasteiger partial charge on any atom is -0.496 e. The van der Waals surface area contributed by atoms with Crippen molar-refractivity contribution in [2.45, 2.75) is 13.8 Å². The minimum absolute atomic E-state index is 0.178. The highest BCUT2D eigenvalue weighted by Crippen LogP contribution is 2.25. The van der Waals surface area contributed by atoms with E-state index in [0.717, 1.165) is 21.3 Å². The summed E-state index contributed by atoms with van der Waals surface area (Å²) in [6.07, 6.45) is 0. The third-order valence-electron chi connectivity index (χ3n) is 3.05. The average molecular weight is 334 g/mol. The molecule has 1 amide bonds. The molecule has 0 atom stereocenters. The molecule has 2 aromatic rings. The highest BCUT2D eigenvalue weighted by atomic mass is 79.9. The van der Waals surface area contributed by atoms with Crippen LogP contribution in [-0.2, 0) is 0 Å². The summed E-state index contributed by atoms with van der Waals surface area (Å²) >= 11 is 3.36. The second kappa shape index (κ2) is 6.09. The monoisotopic (exact) mass is 333 g/mol. The van der Waals surface area contributed by atoms with Crippen LogP contribution in [0.15, 0.2) is 40.9 Å². The van der Waals surface area contributed by atoms with Gasteiger partial charge in [-0.05, 0) is 49.2 Å². The number of anilines is 1. The fourth-order valence-electron chi connectivity index (χ4n) is 1.91. The number of carbonyl (C=O) groups is 1. The Kier molecular flexibility index (Phi) is 4.45. The molecule has 0 saturated heterocycles. The lowest BCUT2D eigenvalue weighted by Gasteiger charge is -2.12. The number of aryl methyl sites for hydroxylation is 2. The van der Waals surface area contributed by atoms with E-state index in [4.69, 9.17) is 4.74 Å². The number of benzene rings is 2.